The van der Waals surface area contributed by atoms with Crippen molar-refractivity contribution in [3.63, 3.8) is 0 Å². The summed E-state index contributed by atoms with van der Waals surface area (Å²) in [6.07, 6.45) is 5.76. The van der Waals surface area contributed by atoms with E-state index in [0.29, 0.717) is 0 Å². The third-order valence-corrected chi connectivity index (χ3v) is 3.75. The number of nitrogens with zero attached hydrogens (tertiary/aromatic N) is 1. The summed E-state index contributed by atoms with van der Waals surface area (Å²) in [6.45, 7) is 8.13. The lowest BCUT2D eigenvalue weighted by Crippen LogP contribution is -2.42. The van der Waals surface area contributed by atoms with Crippen LogP contribution in [0.15, 0.2) is 30.4 Å². The highest BCUT2D eigenvalue weighted by Crippen LogP contribution is 2.38. The molecule has 2 rings (SSSR count). The van der Waals surface area contributed by atoms with Crippen LogP contribution in [-0.2, 0) is 4.79 Å². The predicted molar refractivity (Wildman–Crippen MR) is 82.3 cm³/mol. The molecule has 0 aromatic heterocycles. The number of hydrogen-bond donors (Lipinski definition) is 0. The van der Waals surface area contributed by atoms with Gasteiger partial charge in [0, 0.05) is 18.3 Å². The third-order valence-electron chi connectivity index (χ3n) is 3.75. The molecule has 0 radical (unpaired) electrons. The van der Waals surface area contributed by atoms with Gasteiger partial charge in [-0.1, -0.05) is 18.2 Å². The van der Waals surface area contributed by atoms with Gasteiger partial charge in [-0.2, -0.15) is 0 Å². The fourth-order valence-corrected chi connectivity index (χ4v) is 2.49. The van der Waals surface area contributed by atoms with E-state index in [1.165, 1.54) is 16.8 Å². The van der Waals surface area contributed by atoms with Crippen LogP contribution in [0.3, 0.4) is 0 Å². The maximum atomic E-state index is 11.0. The Kier molecular flexibility index (Phi) is 3.36. The molecule has 0 unspecified atom stereocenters. The fourth-order valence-electron chi connectivity index (χ4n) is 2.49. The minimum Gasteiger partial charge on any atom is -0.366 e. The number of carbonyl (C=O) groups excluding carboxylic acids is 1. The molecule has 2 nitrogen and oxygen atoms in total. The summed E-state index contributed by atoms with van der Waals surface area (Å²) in [5, 5.41) is 0. The summed E-state index contributed by atoms with van der Waals surface area (Å²) in [6, 6.07) is 6.34. The molecule has 0 N–H and O–H groups in total. The van der Waals surface area contributed by atoms with E-state index in [9.17, 15) is 4.79 Å². The molecule has 0 atom stereocenters. The molecule has 1 aromatic carbocycles. The zero-order chi connectivity index (χ0) is 14.2. The number of hydrogen-bond acceptors (Lipinski definition) is 2. The number of ketones is 1. The summed E-state index contributed by atoms with van der Waals surface area (Å²) >= 11 is 0. The maximum Gasteiger partial charge on any atom is 0.152 e. The smallest absolute Gasteiger partial charge is 0.152 e. The average Bonchev–Trinajstić information content (AvgIpc) is 2.33. The van der Waals surface area contributed by atoms with Gasteiger partial charge in [0.15, 0.2) is 5.78 Å². The second kappa shape index (κ2) is 4.69. The van der Waals surface area contributed by atoms with E-state index < -0.39 is 0 Å². The van der Waals surface area contributed by atoms with Gasteiger partial charge in [0.25, 0.3) is 0 Å². The second-order valence-corrected chi connectivity index (χ2v) is 5.76. The van der Waals surface area contributed by atoms with Gasteiger partial charge in [0.1, 0.15) is 0 Å². The molecule has 0 aliphatic carbocycles. The van der Waals surface area contributed by atoms with Crippen LogP contribution in [0.25, 0.3) is 11.6 Å². The first-order valence-electron chi connectivity index (χ1n) is 6.57. The third kappa shape index (κ3) is 2.62. The Morgan fingerprint density at radius 2 is 2.00 bits per heavy atom. The van der Waals surface area contributed by atoms with Gasteiger partial charge in [-0.3, -0.25) is 4.79 Å². The molecule has 1 aliphatic heterocycles. The minimum absolute atomic E-state index is 0.0355. The van der Waals surface area contributed by atoms with Gasteiger partial charge >= 0.3 is 0 Å². The van der Waals surface area contributed by atoms with Crippen LogP contribution >= 0.6 is 0 Å². The van der Waals surface area contributed by atoms with Crippen molar-refractivity contribution in [1.82, 2.24) is 0 Å². The Hall–Kier alpha value is -1.83. The van der Waals surface area contributed by atoms with Crippen LogP contribution in [0.4, 0.5) is 5.69 Å². The molecular formula is C17H21NO. The van der Waals surface area contributed by atoms with Gasteiger partial charge in [-0.25, -0.2) is 0 Å². The Labute approximate surface area is 115 Å². The van der Waals surface area contributed by atoms with Crippen molar-refractivity contribution in [3.8, 4) is 0 Å². The molecule has 1 heterocycles. The molecule has 2 heteroatoms. The molecule has 1 aliphatic rings. The van der Waals surface area contributed by atoms with E-state index >= 15 is 0 Å². The standard InChI is InChI=1S/C17H21NO/c1-12-11-17(3,4)18(5)16-9-8-14(10-15(12)16)7-6-13(2)19/h6-11H,1-5H3/b7-6+. The van der Waals surface area contributed by atoms with E-state index in [1.807, 2.05) is 6.08 Å². The molecule has 19 heavy (non-hydrogen) atoms. The van der Waals surface area contributed by atoms with Crippen molar-refractivity contribution in [2.24, 2.45) is 0 Å². The molecule has 0 amide bonds. The SMILES string of the molecule is CC(=O)/C=C/c1ccc2c(c1)C(C)=CC(C)(C)N2C. The molecule has 1 aromatic rings. The zero-order valence-corrected chi connectivity index (χ0v) is 12.3. The summed E-state index contributed by atoms with van der Waals surface area (Å²) in [7, 11) is 2.12. The van der Waals surface area contributed by atoms with Crippen LogP contribution in [0, 0.1) is 0 Å². The van der Waals surface area contributed by atoms with Gasteiger partial charge in [-0.15, -0.1) is 0 Å². The van der Waals surface area contributed by atoms with Crippen molar-refractivity contribution < 1.29 is 4.79 Å². The molecule has 0 bridgehead atoms. The number of rotatable bonds is 2. The van der Waals surface area contributed by atoms with Crippen molar-refractivity contribution in [1.29, 1.82) is 0 Å². The second-order valence-electron chi connectivity index (χ2n) is 5.76. The first kappa shape index (κ1) is 13.6. The molecular weight excluding hydrogens is 234 g/mol. The monoisotopic (exact) mass is 255 g/mol. The summed E-state index contributed by atoms with van der Waals surface area (Å²) < 4.78 is 0. The summed E-state index contributed by atoms with van der Waals surface area (Å²) in [5.74, 6) is 0.0724. The molecule has 0 fully saturated rings. The normalized spacial score (nSPS) is 17.3. The lowest BCUT2D eigenvalue weighted by Gasteiger charge is -2.40. The summed E-state index contributed by atoms with van der Waals surface area (Å²) in [4.78, 5) is 13.3. The van der Waals surface area contributed by atoms with Crippen molar-refractivity contribution in [3.05, 3.63) is 41.5 Å². The Morgan fingerprint density at radius 1 is 1.32 bits per heavy atom. The number of allylic oxidation sites excluding steroid dienone is 2. The van der Waals surface area contributed by atoms with E-state index in [2.05, 4.69) is 57.0 Å². The quantitative estimate of drug-likeness (QED) is 0.746. The highest BCUT2D eigenvalue weighted by Gasteiger charge is 2.28. The largest absolute Gasteiger partial charge is 0.366 e. The van der Waals surface area contributed by atoms with Gasteiger partial charge < -0.3 is 4.90 Å². The molecule has 100 valence electrons. The minimum atomic E-state index is 0.0355. The number of likely N-dealkylation sites (N-methyl/N-ethyl adjacent to an activating group) is 1. The number of carbonyl (C=O) groups is 1. The van der Waals surface area contributed by atoms with Crippen molar-refractivity contribution >= 4 is 23.1 Å². The lowest BCUT2D eigenvalue weighted by atomic mass is 9.88. The topological polar surface area (TPSA) is 20.3 Å². The number of benzene rings is 1. The number of anilines is 1. The van der Waals surface area contributed by atoms with Crippen molar-refractivity contribution in [2.75, 3.05) is 11.9 Å². The highest BCUT2D eigenvalue weighted by molar-refractivity contribution is 5.92. The van der Waals surface area contributed by atoms with Crippen LogP contribution in [0.2, 0.25) is 0 Å². The Morgan fingerprint density at radius 3 is 2.63 bits per heavy atom. The summed E-state index contributed by atoms with van der Waals surface area (Å²) in [5.41, 5.74) is 4.87. The van der Waals surface area contributed by atoms with Crippen LogP contribution in [0.5, 0.6) is 0 Å². The first-order chi connectivity index (χ1) is 8.81. The van der Waals surface area contributed by atoms with E-state index in [0.717, 1.165) is 5.56 Å². The van der Waals surface area contributed by atoms with Crippen LogP contribution < -0.4 is 4.90 Å². The number of fused-ring (bicyclic) bond motifs is 1. The zero-order valence-electron chi connectivity index (χ0n) is 12.3. The van der Waals surface area contributed by atoms with E-state index in [4.69, 9.17) is 0 Å². The molecule has 0 saturated carbocycles. The van der Waals surface area contributed by atoms with Crippen LogP contribution in [-0.4, -0.2) is 18.4 Å². The van der Waals surface area contributed by atoms with Crippen LogP contribution in [0.1, 0.15) is 38.8 Å². The van der Waals surface area contributed by atoms with E-state index in [-0.39, 0.29) is 11.3 Å². The molecule has 0 saturated heterocycles. The average molecular weight is 255 g/mol. The van der Waals surface area contributed by atoms with E-state index in [1.54, 1.807) is 13.0 Å². The fraction of sp³-hybridized carbons (Fsp3) is 0.353. The predicted octanol–water partition coefficient (Wildman–Crippen LogP) is 3.92. The lowest BCUT2D eigenvalue weighted by molar-refractivity contribution is -0.112. The highest BCUT2D eigenvalue weighted by atomic mass is 16.1. The van der Waals surface area contributed by atoms with Crippen molar-refractivity contribution in [2.45, 2.75) is 33.2 Å². The Balaban J connectivity index is 2.47. The van der Waals surface area contributed by atoms with Gasteiger partial charge in [-0.05, 0) is 57.0 Å². The van der Waals surface area contributed by atoms with Gasteiger partial charge in [0.05, 0.1) is 5.54 Å². The van der Waals surface area contributed by atoms with Gasteiger partial charge in [0.2, 0.25) is 0 Å². The molecule has 0 spiro atoms. The maximum absolute atomic E-state index is 11.0. The Bertz CT molecular complexity index is 579. The first-order valence-corrected chi connectivity index (χ1v) is 6.57.